The van der Waals surface area contributed by atoms with Crippen molar-refractivity contribution < 1.29 is 19.5 Å². The Balaban J connectivity index is 3.26. The lowest BCUT2D eigenvalue weighted by Crippen LogP contribution is -2.45. The smallest absolute Gasteiger partial charge is 0.295 e. The number of halogens is 2. The number of aliphatic hydroxyl groups excluding tert-OH is 2. The number of aliphatic hydroxyl groups is 2. The Kier molecular flexibility index (Phi) is 5.04. The molecule has 0 fully saturated rings. The van der Waals surface area contributed by atoms with Crippen LogP contribution in [0.2, 0.25) is 5.02 Å². The number of rotatable bonds is 6. The molecular formula is C11H14ClFN2O4. The van der Waals surface area contributed by atoms with Gasteiger partial charge < -0.3 is 15.5 Å². The van der Waals surface area contributed by atoms with E-state index in [4.69, 9.17) is 11.6 Å². The number of nitrogens with one attached hydrogen (secondary N) is 1. The Morgan fingerprint density at radius 1 is 1.47 bits per heavy atom. The van der Waals surface area contributed by atoms with Crippen LogP contribution in [-0.4, -0.2) is 33.9 Å². The van der Waals surface area contributed by atoms with Crippen molar-refractivity contribution in [2.24, 2.45) is 0 Å². The minimum absolute atomic E-state index is 0.0543. The highest BCUT2D eigenvalue weighted by Gasteiger charge is 2.30. The Morgan fingerprint density at radius 3 is 2.47 bits per heavy atom. The maximum atomic E-state index is 13.2. The van der Waals surface area contributed by atoms with Crippen molar-refractivity contribution in [2.75, 3.05) is 18.5 Å². The highest BCUT2D eigenvalue weighted by molar-refractivity contribution is 6.31. The van der Waals surface area contributed by atoms with Gasteiger partial charge in [-0.15, -0.1) is 0 Å². The molecule has 0 radical (unpaired) electrons. The average molecular weight is 293 g/mol. The van der Waals surface area contributed by atoms with Crippen LogP contribution in [0.1, 0.15) is 13.3 Å². The maximum Gasteiger partial charge on any atom is 0.295 e. The lowest BCUT2D eigenvalue weighted by atomic mass is 9.97. The van der Waals surface area contributed by atoms with Crippen molar-refractivity contribution in [1.82, 2.24) is 0 Å². The summed E-state index contributed by atoms with van der Waals surface area (Å²) in [4.78, 5) is 10.1. The predicted octanol–water partition coefficient (Wildman–Crippen LogP) is 1.93. The molecule has 0 aliphatic heterocycles. The molecule has 0 spiro atoms. The summed E-state index contributed by atoms with van der Waals surface area (Å²) >= 11 is 5.59. The van der Waals surface area contributed by atoms with Crippen LogP contribution in [-0.2, 0) is 0 Å². The second-order valence-corrected chi connectivity index (χ2v) is 4.52. The van der Waals surface area contributed by atoms with Crippen LogP contribution >= 0.6 is 11.6 Å². The highest BCUT2D eigenvalue weighted by Crippen LogP contribution is 2.32. The SMILES string of the molecule is CCC(CO)(CO)Nc1cc(Cl)c(F)cc1[N+](=O)[O-]. The van der Waals surface area contributed by atoms with Gasteiger partial charge in [0.05, 0.1) is 34.8 Å². The fourth-order valence-corrected chi connectivity index (χ4v) is 1.68. The first-order chi connectivity index (χ1) is 8.89. The third-order valence-electron chi connectivity index (χ3n) is 2.92. The van der Waals surface area contributed by atoms with Gasteiger partial charge in [0.2, 0.25) is 0 Å². The van der Waals surface area contributed by atoms with E-state index in [1.807, 2.05) is 0 Å². The Hall–Kier alpha value is -1.44. The molecule has 1 aromatic carbocycles. The second-order valence-electron chi connectivity index (χ2n) is 4.12. The van der Waals surface area contributed by atoms with Crippen LogP contribution in [0.5, 0.6) is 0 Å². The van der Waals surface area contributed by atoms with Crippen molar-refractivity contribution in [1.29, 1.82) is 0 Å². The quantitative estimate of drug-likeness (QED) is 0.550. The van der Waals surface area contributed by atoms with Crippen molar-refractivity contribution in [3.63, 3.8) is 0 Å². The Morgan fingerprint density at radius 2 is 2.05 bits per heavy atom. The molecule has 0 aliphatic rings. The van der Waals surface area contributed by atoms with E-state index in [-0.39, 0.29) is 10.7 Å². The largest absolute Gasteiger partial charge is 0.394 e. The summed E-state index contributed by atoms with van der Waals surface area (Å²) in [6, 6.07) is 1.75. The van der Waals surface area contributed by atoms with Crippen LogP contribution in [0.3, 0.4) is 0 Å². The molecule has 1 rings (SSSR count). The van der Waals surface area contributed by atoms with Gasteiger partial charge in [-0.25, -0.2) is 4.39 Å². The first kappa shape index (κ1) is 15.6. The molecule has 0 saturated carbocycles. The number of hydrogen-bond acceptors (Lipinski definition) is 5. The van der Waals surface area contributed by atoms with Crippen LogP contribution in [0.25, 0.3) is 0 Å². The number of hydrogen-bond donors (Lipinski definition) is 3. The normalized spacial score (nSPS) is 11.4. The molecule has 0 unspecified atom stereocenters. The monoisotopic (exact) mass is 292 g/mol. The van der Waals surface area contributed by atoms with Gasteiger partial charge in [0.25, 0.3) is 5.69 Å². The summed E-state index contributed by atoms with van der Waals surface area (Å²) < 4.78 is 13.2. The summed E-state index contributed by atoms with van der Waals surface area (Å²) in [6.45, 7) is 0.814. The average Bonchev–Trinajstić information content (AvgIpc) is 2.39. The van der Waals surface area contributed by atoms with E-state index in [1.54, 1.807) is 6.92 Å². The number of benzene rings is 1. The summed E-state index contributed by atoms with van der Waals surface area (Å²) in [5.74, 6) is -0.908. The molecule has 0 amide bonds. The van der Waals surface area contributed by atoms with E-state index in [2.05, 4.69) is 5.32 Å². The fourth-order valence-electron chi connectivity index (χ4n) is 1.51. The maximum absolute atomic E-state index is 13.2. The molecular weight excluding hydrogens is 279 g/mol. The zero-order chi connectivity index (χ0) is 14.6. The number of nitrogens with zero attached hydrogens (tertiary/aromatic N) is 1. The van der Waals surface area contributed by atoms with Crippen LogP contribution in [0.15, 0.2) is 12.1 Å². The molecule has 6 nitrogen and oxygen atoms in total. The molecule has 106 valence electrons. The number of nitro benzene ring substituents is 1. The van der Waals surface area contributed by atoms with Gasteiger partial charge in [0.1, 0.15) is 11.5 Å². The van der Waals surface area contributed by atoms with Gasteiger partial charge in [0.15, 0.2) is 0 Å². The van der Waals surface area contributed by atoms with Gasteiger partial charge in [-0.05, 0) is 12.5 Å². The van der Waals surface area contributed by atoms with E-state index < -0.39 is 35.2 Å². The fraction of sp³-hybridized carbons (Fsp3) is 0.455. The van der Waals surface area contributed by atoms with Gasteiger partial charge in [-0.2, -0.15) is 0 Å². The third kappa shape index (κ3) is 3.31. The minimum Gasteiger partial charge on any atom is -0.394 e. The van der Waals surface area contributed by atoms with Crippen LogP contribution in [0.4, 0.5) is 15.8 Å². The van der Waals surface area contributed by atoms with Crippen molar-refractivity contribution in [2.45, 2.75) is 18.9 Å². The van der Waals surface area contributed by atoms with E-state index in [0.29, 0.717) is 12.5 Å². The molecule has 1 aromatic rings. The molecule has 0 aromatic heterocycles. The number of anilines is 1. The summed E-state index contributed by atoms with van der Waals surface area (Å²) in [5, 5.41) is 31.8. The predicted molar refractivity (Wildman–Crippen MR) is 68.9 cm³/mol. The Bertz CT molecular complexity index is 472. The van der Waals surface area contributed by atoms with Crippen LogP contribution < -0.4 is 5.32 Å². The molecule has 0 heterocycles. The van der Waals surface area contributed by atoms with Gasteiger partial charge in [0, 0.05) is 0 Å². The lowest BCUT2D eigenvalue weighted by Gasteiger charge is -2.30. The van der Waals surface area contributed by atoms with E-state index in [0.717, 1.165) is 6.07 Å². The van der Waals surface area contributed by atoms with Gasteiger partial charge in [-0.1, -0.05) is 18.5 Å². The van der Waals surface area contributed by atoms with Crippen molar-refractivity contribution >= 4 is 23.0 Å². The van der Waals surface area contributed by atoms with E-state index in [9.17, 15) is 24.7 Å². The van der Waals surface area contributed by atoms with E-state index in [1.165, 1.54) is 0 Å². The minimum atomic E-state index is -1.13. The topological polar surface area (TPSA) is 95.6 Å². The zero-order valence-electron chi connectivity index (χ0n) is 10.2. The van der Waals surface area contributed by atoms with Gasteiger partial charge in [-0.3, -0.25) is 10.1 Å². The summed E-state index contributed by atoms with van der Waals surface area (Å²) in [5.41, 5.74) is -1.70. The Labute approximate surface area is 114 Å². The van der Waals surface area contributed by atoms with Crippen molar-refractivity contribution in [3.05, 3.63) is 33.1 Å². The molecule has 0 atom stereocenters. The highest BCUT2D eigenvalue weighted by atomic mass is 35.5. The number of nitro groups is 1. The lowest BCUT2D eigenvalue weighted by molar-refractivity contribution is -0.384. The second kappa shape index (κ2) is 6.14. The first-order valence-electron chi connectivity index (χ1n) is 5.52. The third-order valence-corrected chi connectivity index (χ3v) is 3.21. The molecule has 19 heavy (non-hydrogen) atoms. The standard InChI is InChI=1S/C11H14ClFN2O4/c1-2-11(5-16,6-17)14-9-3-7(12)8(13)4-10(9)15(18)19/h3-4,14,16-17H,2,5-6H2,1H3. The van der Waals surface area contributed by atoms with Crippen LogP contribution in [0, 0.1) is 15.9 Å². The molecule has 0 aliphatic carbocycles. The van der Waals surface area contributed by atoms with Crippen molar-refractivity contribution in [3.8, 4) is 0 Å². The zero-order valence-corrected chi connectivity index (χ0v) is 10.9. The first-order valence-corrected chi connectivity index (χ1v) is 5.90. The summed E-state index contributed by atoms with van der Waals surface area (Å²) in [6.07, 6.45) is 0.312. The molecule has 0 saturated heterocycles. The molecule has 0 bridgehead atoms. The summed E-state index contributed by atoms with van der Waals surface area (Å²) in [7, 11) is 0. The molecule has 8 heteroatoms. The van der Waals surface area contributed by atoms with E-state index >= 15 is 0 Å². The van der Waals surface area contributed by atoms with Gasteiger partial charge >= 0.3 is 0 Å². The molecule has 3 N–H and O–H groups in total.